The van der Waals surface area contributed by atoms with Crippen LogP contribution in [0.5, 0.6) is 5.75 Å². The molecule has 1 aliphatic rings. The molecule has 0 spiro atoms. The lowest BCUT2D eigenvalue weighted by Crippen LogP contribution is -2.26. The molecule has 0 bridgehead atoms. The van der Waals surface area contributed by atoms with Gasteiger partial charge in [-0.1, -0.05) is 12.1 Å². The Labute approximate surface area is 199 Å². The molecule has 4 rings (SSSR count). The fraction of sp³-hybridized carbons (Fsp3) is 0.217. The van der Waals surface area contributed by atoms with Crippen LogP contribution in [0.15, 0.2) is 59.8 Å². The van der Waals surface area contributed by atoms with Gasteiger partial charge in [0.2, 0.25) is 6.10 Å². The number of esters is 1. The van der Waals surface area contributed by atoms with Crippen LogP contribution >= 0.6 is 0 Å². The summed E-state index contributed by atoms with van der Waals surface area (Å²) >= 11 is 0. The van der Waals surface area contributed by atoms with Crippen molar-refractivity contribution in [2.75, 3.05) is 12.4 Å². The molecule has 2 aromatic carbocycles. The normalized spacial score (nSPS) is 14.1. The number of hydrogen-bond acceptors (Lipinski definition) is 8. The van der Waals surface area contributed by atoms with Gasteiger partial charge in [0.05, 0.1) is 29.6 Å². The predicted octanol–water partition coefficient (Wildman–Crippen LogP) is 3.24. The minimum atomic E-state index is -3.46. The maximum atomic E-state index is 14.2. The van der Waals surface area contributed by atoms with Crippen LogP contribution in [0.3, 0.4) is 0 Å². The van der Waals surface area contributed by atoms with Crippen LogP contribution in [0.1, 0.15) is 35.0 Å². The lowest BCUT2D eigenvalue weighted by atomic mass is 10.1. The van der Waals surface area contributed by atoms with Gasteiger partial charge in [0.25, 0.3) is 5.91 Å². The predicted molar refractivity (Wildman–Crippen MR) is 118 cm³/mol. The molecule has 0 saturated heterocycles. The Morgan fingerprint density at radius 2 is 1.77 bits per heavy atom. The van der Waals surface area contributed by atoms with E-state index in [-0.39, 0.29) is 22.0 Å². The zero-order chi connectivity index (χ0) is 25.2. The molecule has 12 heteroatoms. The Kier molecular flexibility index (Phi) is 6.74. The maximum absolute atomic E-state index is 14.2. The number of ether oxygens (including phenoxy) is 2. The van der Waals surface area contributed by atoms with Gasteiger partial charge in [-0.05, 0) is 37.1 Å². The molecule has 1 fully saturated rings. The fourth-order valence-corrected chi connectivity index (χ4v) is 4.83. The van der Waals surface area contributed by atoms with Crippen LogP contribution in [0, 0.1) is 11.6 Å². The van der Waals surface area contributed by atoms with Crippen LogP contribution < -0.4 is 10.1 Å². The zero-order valence-corrected chi connectivity index (χ0v) is 19.1. The number of halogens is 2. The molecule has 9 nitrogen and oxygen atoms in total. The number of nitrogens with zero attached hydrogens (tertiary/aromatic N) is 2. The number of carbonyl (C=O) groups is 2. The van der Waals surface area contributed by atoms with Crippen molar-refractivity contribution in [1.82, 2.24) is 9.97 Å². The van der Waals surface area contributed by atoms with E-state index in [2.05, 4.69) is 20.0 Å². The lowest BCUT2D eigenvalue weighted by Gasteiger charge is -2.19. The maximum Gasteiger partial charge on any atom is 0.358 e. The Balaban J connectivity index is 1.62. The Hall–Kier alpha value is -3.93. The highest BCUT2D eigenvalue weighted by Gasteiger charge is 2.37. The average molecular weight is 503 g/mol. The van der Waals surface area contributed by atoms with Gasteiger partial charge in [-0.3, -0.25) is 4.79 Å². The van der Waals surface area contributed by atoms with E-state index in [9.17, 15) is 26.8 Å². The second-order valence-electron chi connectivity index (χ2n) is 7.65. The summed E-state index contributed by atoms with van der Waals surface area (Å²) in [5, 5.41) is 2.03. The second kappa shape index (κ2) is 9.74. The van der Waals surface area contributed by atoms with E-state index in [1.54, 1.807) is 0 Å². The number of aromatic nitrogens is 2. The summed E-state index contributed by atoms with van der Waals surface area (Å²) in [6.45, 7) is 0. The van der Waals surface area contributed by atoms with Gasteiger partial charge >= 0.3 is 5.97 Å². The van der Waals surface area contributed by atoms with Crippen LogP contribution in [0.4, 0.5) is 14.6 Å². The van der Waals surface area contributed by atoms with Crippen molar-refractivity contribution in [2.24, 2.45) is 0 Å². The highest BCUT2D eigenvalue weighted by Crippen LogP contribution is 2.34. The first-order valence-electron chi connectivity index (χ1n) is 10.4. The standard InChI is InChI=1S/C23H19F2N3O6S/c1-33-23(30)18-11-27-20(12-26-18)28-22(29)21(34-19-9-4-14(24)10-17(19)25)13-2-5-15(6-3-13)35(31,32)16-7-8-16/h2-6,9-12,16,21H,7-8H2,1H3,(H,27,28,29). The summed E-state index contributed by atoms with van der Waals surface area (Å²) < 4.78 is 62.6. The van der Waals surface area contributed by atoms with Gasteiger partial charge in [0.1, 0.15) is 5.82 Å². The van der Waals surface area contributed by atoms with Crippen LogP contribution in [-0.2, 0) is 19.4 Å². The van der Waals surface area contributed by atoms with Crippen molar-refractivity contribution >= 4 is 27.5 Å². The highest BCUT2D eigenvalue weighted by atomic mass is 32.2. The number of methoxy groups -OCH3 is 1. The molecule has 1 aromatic heterocycles. The van der Waals surface area contributed by atoms with Gasteiger partial charge in [-0.2, -0.15) is 0 Å². The summed E-state index contributed by atoms with van der Waals surface area (Å²) in [4.78, 5) is 32.4. The minimum absolute atomic E-state index is 0.0382. The molecule has 1 aliphatic carbocycles. The third-order valence-corrected chi connectivity index (χ3v) is 7.43. The van der Waals surface area contributed by atoms with Crippen LogP contribution in [0.2, 0.25) is 0 Å². The third-order valence-electron chi connectivity index (χ3n) is 5.15. The summed E-state index contributed by atoms with van der Waals surface area (Å²) in [6, 6.07) is 8.06. The van der Waals surface area contributed by atoms with E-state index in [4.69, 9.17) is 4.74 Å². The molecular weight excluding hydrogens is 484 g/mol. The Morgan fingerprint density at radius 1 is 1.06 bits per heavy atom. The number of carbonyl (C=O) groups excluding carboxylic acids is 2. The van der Waals surface area contributed by atoms with E-state index in [1.165, 1.54) is 31.4 Å². The summed E-state index contributed by atoms with van der Waals surface area (Å²) in [5.41, 5.74) is 0.124. The molecule has 1 saturated carbocycles. The smallest absolute Gasteiger partial charge is 0.358 e. The SMILES string of the molecule is COC(=O)c1cnc(NC(=O)C(Oc2ccc(F)cc2F)c2ccc(S(=O)(=O)C3CC3)cc2)cn1. The minimum Gasteiger partial charge on any atom is -0.473 e. The van der Waals surface area contributed by atoms with Crippen LogP contribution in [-0.4, -0.2) is 42.6 Å². The van der Waals surface area contributed by atoms with E-state index >= 15 is 0 Å². The molecular formula is C23H19F2N3O6S. The van der Waals surface area contributed by atoms with Crippen molar-refractivity contribution in [1.29, 1.82) is 0 Å². The van der Waals surface area contributed by atoms with Crippen LogP contribution in [0.25, 0.3) is 0 Å². The third kappa shape index (κ3) is 5.43. The number of anilines is 1. The van der Waals surface area contributed by atoms with E-state index in [1.807, 2.05) is 0 Å². The van der Waals surface area contributed by atoms with Gasteiger partial charge in [0.15, 0.2) is 32.9 Å². The molecule has 1 atom stereocenters. The van der Waals surface area contributed by atoms with E-state index < -0.39 is 50.5 Å². The molecule has 0 aliphatic heterocycles. The first-order valence-corrected chi connectivity index (χ1v) is 11.9. The van der Waals surface area contributed by atoms with Crippen molar-refractivity contribution < 1.29 is 36.3 Å². The number of sulfone groups is 1. The average Bonchev–Trinajstić information content (AvgIpc) is 3.70. The second-order valence-corrected chi connectivity index (χ2v) is 9.88. The molecule has 0 radical (unpaired) electrons. The quantitative estimate of drug-likeness (QED) is 0.465. The summed E-state index contributed by atoms with van der Waals surface area (Å²) in [5.74, 6) is -3.81. The first-order chi connectivity index (χ1) is 16.7. The van der Waals surface area contributed by atoms with Gasteiger partial charge < -0.3 is 14.8 Å². The topological polar surface area (TPSA) is 125 Å². The molecule has 182 valence electrons. The van der Waals surface area contributed by atoms with Crippen molar-refractivity contribution in [3.8, 4) is 5.75 Å². The van der Waals surface area contributed by atoms with Gasteiger partial charge in [0, 0.05) is 11.6 Å². The number of hydrogen-bond donors (Lipinski definition) is 1. The molecule has 3 aromatic rings. The zero-order valence-electron chi connectivity index (χ0n) is 18.3. The highest BCUT2D eigenvalue weighted by molar-refractivity contribution is 7.92. The molecule has 1 unspecified atom stereocenters. The summed E-state index contributed by atoms with van der Waals surface area (Å²) in [7, 11) is -2.28. The fourth-order valence-electron chi connectivity index (χ4n) is 3.17. The van der Waals surface area contributed by atoms with Crippen molar-refractivity contribution in [3.63, 3.8) is 0 Å². The number of benzene rings is 2. The number of amides is 1. The van der Waals surface area contributed by atoms with Crippen molar-refractivity contribution in [2.45, 2.75) is 29.1 Å². The van der Waals surface area contributed by atoms with E-state index in [0.717, 1.165) is 24.5 Å². The first kappa shape index (κ1) is 24.2. The number of rotatable bonds is 8. The molecule has 1 N–H and O–H groups in total. The molecule has 1 amide bonds. The van der Waals surface area contributed by atoms with E-state index in [0.29, 0.717) is 18.9 Å². The Morgan fingerprint density at radius 3 is 2.34 bits per heavy atom. The number of nitrogens with one attached hydrogen (secondary N) is 1. The van der Waals surface area contributed by atoms with Gasteiger partial charge in [-0.15, -0.1) is 0 Å². The summed E-state index contributed by atoms with van der Waals surface area (Å²) in [6.07, 6.45) is 1.93. The molecule has 35 heavy (non-hydrogen) atoms. The lowest BCUT2D eigenvalue weighted by molar-refractivity contribution is -0.123. The monoisotopic (exact) mass is 503 g/mol. The largest absolute Gasteiger partial charge is 0.473 e. The molecule has 1 heterocycles. The van der Waals surface area contributed by atoms with Crippen molar-refractivity contribution in [3.05, 3.63) is 77.8 Å². The Bertz CT molecular complexity index is 1360. The van der Waals surface area contributed by atoms with Gasteiger partial charge in [-0.25, -0.2) is 32.0 Å².